The molecule has 0 aromatic heterocycles. The van der Waals surface area contributed by atoms with Gasteiger partial charge in [-0.1, -0.05) is 23.8 Å². The number of rotatable bonds is 6. The van der Waals surface area contributed by atoms with Gasteiger partial charge in [0.25, 0.3) is 11.8 Å². The molecule has 0 radical (unpaired) electrons. The molecular formula is C20H24N2O3. The molecule has 0 bridgehead atoms. The number of nitrogens with one attached hydrogen (secondary N) is 2. The van der Waals surface area contributed by atoms with Crippen LogP contribution in [0.5, 0.6) is 5.75 Å². The average Bonchev–Trinajstić information content (AvgIpc) is 2.56. The molecule has 2 aromatic carbocycles. The van der Waals surface area contributed by atoms with Crippen molar-refractivity contribution in [3.05, 3.63) is 59.7 Å². The highest BCUT2D eigenvalue weighted by Gasteiger charge is 2.16. The zero-order chi connectivity index (χ0) is 18.4. The maximum absolute atomic E-state index is 12.3. The van der Waals surface area contributed by atoms with Crippen molar-refractivity contribution in [2.75, 3.05) is 5.32 Å². The highest BCUT2D eigenvalue weighted by molar-refractivity contribution is 5.98. The smallest absolute Gasteiger partial charge is 0.265 e. The van der Waals surface area contributed by atoms with E-state index in [1.54, 1.807) is 31.2 Å². The Hall–Kier alpha value is -2.82. The molecule has 2 rings (SSSR count). The Balaban J connectivity index is 1.99. The molecule has 0 saturated carbocycles. The Labute approximate surface area is 148 Å². The minimum atomic E-state index is -0.657. The van der Waals surface area contributed by atoms with Crippen LogP contribution in [0.15, 0.2) is 48.5 Å². The molecule has 1 atom stereocenters. The van der Waals surface area contributed by atoms with Gasteiger partial charge in [-0.3, -0.25) is 9.59 Å². The largest absolute Gasteiger partial charge is 0.481 e. The first-order valence-electron chi connectivity index (χ1n) is 8.30. The number of amides is 2. The normalized spacial score (nSPS) is 11.7. The van der Waals surface area contributed by atoms with Crippen molar-refractivity contribution >= 4 is 17.5 Å². The van der Waals surface area contributed by atoms with E-state index in [4.69, 9.17) is 4.74 Å². The molecule has 2 amide bonds. The summed E-state index contributed by atoms with van der Waals surface area (Å²) in [5, 5.41) is 5.60. The number of carbonyl (C=O) groups excluding carboxylic acids is 2. The number of hydrogen-bond donors (Lipinski definition) is 2. The van der Waals surface area contributed by atoms with Gasteiger partial charge in [0, 0.05) is 17.3 Å². The summed E-state index contributed by atoms with van der Waals surface area (Å²) in [6.45, 7) is 7.47. The van der Waals surface area contributed by atoms with Gasteiger partial charge in [-0.15, -0.1) is 0 Å². The van der Waals surface area contributed by atoms with Crippen LogP contribution in [0.25, 0.3) is 0 Å². The van der Waals surface area contributed by atoms with Crippen LogP contribution in [0.4, 0.5) is 5.69 Å². The summed E-state index contributed by atoms with van der Waals surface area (Å²) in [5.41, 5.74) is 2.18. The van der Waals surface area contributed by atoms with E-state index in [0.29, 0.717) is 17.0 Å². The van der Waals surface area contributed by atoms with E-state index in [1.165, 1.54) is 0 Å². The minimum Gasteiger partial charge on any atom is -0.481 e. The summed E-state index contributed by atoms with van der Waals surface area (Å²) in [6, 6.07) is 14.4. The first-order valence-corrected chi connectivity index (χ1v) is 8.30. The Morgan fingerprint density at radius 1 is 1.00 bits per heavy atom. The third-order valence-corrected chi connectivity index (χ3v) is 3.52. The van der Waals surface area contributed by atoms with Crippen LogP contribution in [0.3, 0.4) is 0 Å². The molecule has 2 N–H and O–H groups in total. The fraction of sp³-hybridized carbons (Fsp3) is 0.300. The molecule has 132 valence electrons. The maximum atomic E-state index is 12.3. The molecule has 0 fully saturated rings. The topological polar surface area (TPSA) is 67.4 Å². The number of anilines is 1. The lowest BCUT2D eigenvalue weighted by Crippen LogP contribution is -2.31. The van der Waals surface area contributed by atoms with Crippen molar-refractivity contribution < 1.29 is 14.3 Å². The molecule has 0 saturated heterocycles. The van der Waals surface area contributed by atoms with Gasteiger partial charge in [-0.25, -0.2) is 0 Å². The quantitative estimate of drug-likeness (QED) is 0.845. The second-order valence-electron chi connectivity index (χ2n) is 6.27. The molecule has 1 unspecified atom stereocenters. The number of benzene rings is 2. The summed E-state index contributed by atoms with van der Waals surface area (Å²) in [5.74, 6) is 0.190. The van der Waals surface area contributed by atoms with Gasteiger partial charge in [0.15, 0.2) is 6.10 Å². The van der Waals surface area contributed by atoms with Crippen molar-refractivity contribution in [1.82, 2.24) is 5.32 Å². The third-order valence-electron chi connectivity index (χ3n) is 3.52. The molecule has 2 aromatic rings. The van der Waals surface area contributed by atoms with Crippen molar-refractivity contribution in [1.29, 1.82) is 0 Å². The van der Waals surface area contributed by atoms with Gasteiger partial charge >= 0.3 is 0 Å². The number of hydrogen-bond acceptors (Lipinski definition) is 3. The van der Waals surface area contributed by atoms with Gasteiger partial charge in [0.1, 0.15) is 5.75 Å². The Morgan fingerprint density at radius 2 is 1.68 bits per heavy atom. The van der Waals surface area contributed by atoms with Gasteiger partial charge in [-0.2, -0.15) is 0 Å². The lowest BCUT2D eigenvalue weighted by molar-refractivity contribution is -0.122. The monoisotopic (exact) mass is 340 g/mol. The van der Waals surface area contributed by atoms with Gasteiger partial charge in [0.05, 0.1) is 0 Å². The average molecular weight is 340 g/mol. The predicted octanol–water partition coefficient (Wildman–Crippen LogP) is 3.54. The van der Waals surface area contributed by atoms with Crippen LogP contribution >= 0.6 is 0 Å². The summed E-state index contributed by atoms with van der Waals surface area (Å²) < 4.78 is 5.64. The fourth-order valence-corrected chi connectivity index (χ4v) is 2.20. The van der Waals surface area contributed by atoms with E-state index in [9.17, 15) is 9.59 Å². The Morgan fingerprint density at radius 3 is 2.32 bits per heavy atom. The number of aryl methyl sites for hydroxylation is 1. The Bertz CT molecular complexity index is 739. The van der Waals surface area contributed by atoms with Crippen LogP contribution in [-0.4, -0.2) is 24.0 Å². The molecule has 0 spiro atoms. The van der Waals surface area contributed by atoms with Crippen LogP contribution < -0.4 is 15.4 Å². The van der Waals surface area contributed by atoms with Gasteiger partial charge in [0.2, 0.25) is 0 Å². The van der Waals surface area contributed by atoms with Crippen molar-refractivity contribution in [3.8, 4) is 5.75 Å². The highest BCUT2D eigenvalue weighted by Crippen LogP contribution is 2.15. The third kappa shape index (κ3) is 5.64. The second kappa shape index (κ2) is 8.33. The van der Waals surface area contributed by atoms with Gasteiger partial charge in [-0.05, 0) is 58.0 Å². The molecule has 25 heavy (non-hydrogen) atoms. The van der Waals surface area contributed by atoms with Gasteiger partial charge < -0.3 is 15.4 Å². The van der Waals surface area contributed by atoms with Crippen LogP contribution in [0.2, 0.25) is 0 Å². The predicted molar refractivity (Wildman–Crippen MR) is 98.9 cm³/mol. The summed E-state index contributed by atoms with van der Waals surface area (Å²) in [7, 11) is 0. The van der Waals surface area contributed by atoms with Crippen molar-refractivity contribution in [3.63, 3.8) is 0 Å². The van der Waals surface area contributed by atoms with Crippen molar-refractivity contribution in [2.24, 2.45) is 0 Å². The maximum Gasteiger partial charge on any atom is 0.265 e. The van der Waals surface area contributed by atoms with Crippen LogP contribution in [-0.2, 0) is 4.79 Å². The second-order valence-corrected chi connectivity index (χ2v) is 6.27. The van der Waals surface area contributed by atoms with E-state index in [0.717, 1.165) is 5.56 Å². The standard InChI is InChI=1S/C20H24N2O3/c1-13(2)21-20(24)16-6-5-7-17(12-16)22-19(23)15(4)25-18-10-8-14(3)9-11-18/h5-13,15H,1-4H3,(H,21,24)(H,22,23). The molecule has 0 heterocycles. The minimum absolute atomic E-state index is 0.0497. The lowest BCUT2D eigenvalue weighted by Gasteiger charge is -2.15. The molecule has 5 heteroatoms. The Kier molecular flexibility index (Phi) is 6.17. The SMILES string of the molecule is Cc1ccc(OC(C)C(=O)Nc2cccc(C(=O)NC(C)C)c2)cc1. The van der Waals surface area contributed by atoms with Crippen molar-refractivity contribution in [2.45, 2.75) is 39.8 Å². The van der Waals surface area contributed by atoms with E-state index >= 15 is 0 Å². The highest BCUT2D eigenvalue weighted by atomic mass is 16.5. The first kappa shape index (κ1) is 18.5. The zero-order valence-corrected chi connectivity index (χ0v) is 15.0. The van der Waals surface area contributed by atoms with E-state index < -0.39 is 6.10 Å². The number of carbonyl (C=O) groups is 2. The first-order chi connectivity index (χ1) is 11.8. The summed E-state index contributed by atoms with van der Waals surface area (Å²) >= 11 is 0. The van der Waals surface area contributed by atoms with E-state index in [2.05, 4.69) is 10.6 Å². The molecular weight excluding hydrogens is 316 g/mol. The zero-order valence-electron chi connectivity index (χ0n) is 15.0. The van der Waals surface area contributed by atoms with E-state index in [-0.39, 0.29) is 17.9 Å². The summed E-state index contributed by atoms with van der Waals surface area (Å²) in [4.78, 5) is 24.4. The fourth-order valence-electron chi connectivity index (χ4n) is 2.20. The summed E-state index contributed by atoms with van der Waals surface area (Å²) in [6.07, 6.45) is -0.657. The van der Waals surface area contributed by atoms with Crippen LogP contribution in [0, 0.1) is 6.92 Å². The molecule has 0 aliphatic rings. The van der Waals surface area contributed by atoms with E-state index in [1.807, 2.05) is 45.0 Å². The number of ether oxygens (including phenoxy) is 1. The molecule has 0 aliphatic carbocycles. The molecule has 5 nitrogen and oxygen atoms in total. The lowest BCUT2D eigenvalue weighted by atomic mass is 10.1. The molecule has 0 aliphatic heterocycles. The van der Waals surface area contributed by atoms with Crippen LogP contribution in [0.1, 0.15) is 36.7 Å².